The highest BCUT2D eigenvalue weighted by molar-refractivity contribution is 7.14. The highest BCUT2D eigenvalue weighted by Gasteiger charge is 2.24. The average molecular weight is 373 g/mol. The number of aryl methyl sites for hydroxylation is 2. The van der Waals surface area contributed by atoms with Crippen LogP contribution in [0.3, 0.4) is 0 Å². The Balaban J connectivity index is 1.62. The summed E-state index contributed by atoms with van der Waals surface area (Å²) in [6, 6.07) is 10.3. The Morgan fingerprint density at radius 1 is 1.12 bits per heavy atom. The lowest BCUT2D eigenvalue weighted by atomic mass is 10.1. The summed E-state index contributed by atoms with van der Waals surface area (Å²) in [5.41, 5.74) is 2.53. The molecule has 3 rings (SSSR count). The quantitative estimate of drug-likeness (QED) is 0.760. The zero-order chi connectivity index (χ0) is 18.5. The summed E-state index contributed by atoms with van der Waals surface area (Å²) < 4.78 is 5.22. The summed E-state index contributed by atoms with van der Waals surface area (Å²) in [4.78, 5) is 19.5. The van der Waals surface area contributed by atoms with Crippen molar-refractivity contribution in [2.75, 3.05) is 38.2 Å². The molecule has 0 spiro atoms. The lowest BCUT2D eigenvalue weighted by molar-refractivity contribution is 0.0751. The molecule has 0 N–H and O–H groups in total. The van der Waals surface area contributed by atoms with Gasteiger partial charge in [0.2, 0.25) is 0 Å². The van der Waals surface area contributed by atoms with Crippen molar-refractivity contribution in [1.82, 2.24) is 4.90 Å². The first-order chi connectivity index (χ1) is 12.7. The van der Waals surface area contributed by atoms with Crippen molar-refractivity contribution in [3.63, 3.8) is 0 Å². The number of piperazine rings is 1. The van der Waals surface area contributed by atoms with Gasteiger partial charge in [-0.3, -0.25) is 4.79 Å². The first-order valence-electron chi connectivity index (χ1n) is 9.46. The molecule has 140 valence electrons. The van der Waals surface area contributed by atoms with E-state index in [1.807, 2.05) is 17.0 Å². The minimum absolute atomic E-state index is 0.196. The molecule has 26 heavy (non-hydrogen) atoms. The molecule has 5 heteroatoms. The summed E-state index contributed by atoms with van der Waals surface area (Å²) in [6.45, 7) is 7.64. The number of benzene rings is 1. The van der Waals surface area contributed by atoms with E-state index in [-0.39, 0.29) is 5.91 Å². The second-order valence-corrected chi connectivity index (χ2v) is 7.78. The summed E-state index contributed by atoms with van der Waals surface area (Å²) in [6.07, 6.45) is 3.21. The van der Waals surface area contributed by atoms with Crippen molar-refractivity contribution in [3.8, 4) is 5.75 Å². The van der Waals surface area contributed by atoms with Crippen LogP contribution in [0.15, 0.2) is 30.3 Å². The highest BCUT2D eigenvalue weighted by atomic mass is 32.1. The fraction of sp³-hybridized carbons (Fsp3) is 0.476. The van der Waals surface area contributed by atoms with Crippen molar-refractivity contribution >= 4 is 22.9 Å². The van der Waals surface area contributed by atoms with Crippen LogP contribution in [0, 0.1) is 0 Å². The van der Waals surface area contributed by atoms with E-state index in [0.717, 1.165) is 56.1 Å². The Hall–Kier alpha value is -2.01. The predicted molar refractivity (Wildman–Crippen MR) is 109 cm³/mol. The second-order valence-electron chi connectivity index (χ2n) is 6.64. The molecule has 1 aromatic carbocycles. The standard InChI is InChI=1S/C21H28N2O2S/c1-4-6-19-16(5-2)15-20(26-19)21(24)23-13-11-22(12-14-23)17-7-9-18(25-3)10-8-17/h7-10,15H,4-6,11-14H2,1-3H3. The molecule has 1 aliphatic heterocycles. The van der Waals surface area contributed by atoms with Gasteiger partial charge in [0.15, 0.2) is 0 Å². The number of amides is 1. The van der Waals surface area contributed by atoms with Gasteiger partial charge in [-0.2, -0.15) is 0 Å². The van der Waals surface area contributed by atoms with Gasteiger partial charge < -0.3 is 14.5 Å². The number of thiophene rings is 1. The SMILES string of the molecule is CCCc1sc(C(=O)N2CCN(c3ccc(OC)cc3)CC2)cc1CC. The minimum atomic E-state index is 0.196. The van der Waals surface area contributed by atoms with Crippen molar-refractivity contribution in [1.29, 1.82) is 0 Å². The number of carbonyl (C=O) groups is 1. The number of carbonyl (C=O) groups excluding carboxylic acids is 1. The number of hydrogen-bond acceptors (Lipinski definition) is 4. The van der Waals surface area contributed by atoms with E-state index in [0.29, 0.717) is 0 Å². The van der Waals surface area contributed by atoms with Crippen LogP contribution < -0.4 is 9.64 Å². The van der Waals surface area contributed by atoms with Crippen LogP contribution in [0.25, 0.3) is 0 Å². The van der Waals surface area contributed by atoms with E-state index in [2.05, 4.69) is 36.9 Å². The van der Waals surface area contributed by atoms with E-state index in [4.69, 9.17) is 4.74 Å². The molecule has 1 aliphatic rings. The zero-order valence-corrected chi connectivity index (χ0v) is 16.8. The molecule has 1 aromatic heterocycles. The highest BCUT2D eigenvalue weighted by Crippen LogP contribution is 2.27. The molecule has 1 saturated heterocycles. The van der Waals surface area contributed by atoms with E-state index < -0.39 is 0 Å². The van der Waals surface area contributed by atoms with Gasteiger partial charge >= 0.3 is 0 Å². The number of ether oxygens (including phenoxy) is 1. The van der Waals surface area contributed by atoms with Gasteiger partial charge in [-0.25, -0.2) is 0 Å². The molecule has 2 heterocycles. The predicted octanol–water partition coefficient (Wildman–Crippen LogP) is 4.23. The Kier molecular flexibility index (Phi) is 6.20. The molecule has 2 aromatic rings. The summed E-state index contributed by atoms with van der Waals surface area (Å²) >= 11 is 1.69. The van der Waals surface area contributed by atoms with Crippen LogP contribution in [0.2, 0.25) is 0 Å². The van der Waals surface area contributed by atoms with E-state index >= 15 is 0 Å². The normalized spacial score (nSPS) is 14.6. The Morgan fingerprint density at radius 2 is 1.81 bits per heavy atom. The monoisotopic (exact) mass is 372 g/mol. The molecular weight excluding hydrogens is 344 g/mol. The van der Waals surface area contributed by atoms with Gasteiger partial charge in [0.1, 0.15) is 5.75 Å². The smallest absolute Gasteiger partial charge is 0.264 e. The van der Waals surface area contributed by atoms with Gasteiger partial charge in [0, 0.05) is 36.7 Å². The molecule has 1 amide bonds. The minimum Gasteiger partial charge on any atom is -0.497 e. The van der Waals surface area contributed by atoms with Crippen molar-refractivity contribution in [3.05, 3.63) is 45.6 Å². The number of rotatable bonds is 6. The number of methoxy groups -OCH3 is 1. The maximum absolute atomic E-state index is 12.9. The van der Waals surface area contributed by atoms with Crippen molar-refractivity contribution in [2.45, 2.75) is 33.1 Å². The Bertz CT molecular complexity index is 731. The number of hydrogen-bond donors (Lipinski definition) is 0. The summed E-state index contributed by atoms with van der Waals surface area (Å²) in [5.74, 6) is 1.07. The number of anilines is 1. The zero-order valence-electron chi connectivity index (χ0n) is 16.0. The fourth-order valence-electron chi connectivity index (χ4n) is 3.43. The van der Waals surface area contributed by atoms with Crippen LogP contribution in [-0.4, -0.2) is 44.1 Å². The second kappa shape index (κ2) is 8.58. The van der Waals surface area contributed by atoms with E-state index in [1.165, 1.54) is 16.1 Å². The van der Waals surface area contributed by atoms with Gasteiger partial charge in [0.25, 0.3) is 5.91 Å². The van der Waals surface area contributed by atoms with Gasteiger partial charge in [-0.1, -0.05) is 20.3 Å². The van der Waals surface area contributed by atoms with Crippen LogP contribution in [-0.2, 0) is 12.8 Å². The molecule has 0 aliphatic carbocycles. The maximum Gasteiger partial charge on any atom is 0.264 e. The third-order valence-corrected chi connectivity index (χ3v) is 6.19. The molecule has 4 nitrogen and oxygen atoms in total. The molecule has 0 radical (unpaired) electrons. The van der Waals surface area contributed by atoms with Gasteiger partial charge in [-0.15, -0.1) is 11.3 Å². The summed E-state index contributed by atoms with van der Waals surface area (Å²) in [7, 11) is 1.68. The van der Waals surface area contributed by atoms with Crippen molar-refractivity contribution in [2.24, 2.45) is 0 Å². The molecular formula is C21H28N2O2S. The van der Waals surface area contributed by atoms with Crippen LogP contribution in [0.1, 0.15) is 40.4 Å². The molecule has 0 saturated carbocycles. The molecule has 0 atom stereocenters. The van der Waals surface area contributed by atoms with E-state index in [1.54, 1.807) is 18.4 Å². The molecule has 0 bridgehead atoms. The van der Waals surface area contributed by atoms with Crippen LogP contribution in [0.5, 0.6) is 5.75 Å². The lowest BCUT2D eigenvalue weighted by Gasteiger charge is -2.36. The fourth-order valence-corrected chi connectivity index (χ4v) is 4.75. The maximum atomic E-state index is 12.9. The Labute approximate surface area is 160 Å². The lowest BCUT2D eigenvalue weighted by Crippen LogP contribution is -2.48. The van der Waals surface area contributed by atoms with E-state index in [9.17, 15) is 4.79 Å². The first kappa shape index (κ1) is 18.8. The molecule has 1 fully saturated rings. The third kappa shape index (κ3) is 4.04. The van der Waals surface area contributed by atoms with Gasteiger partial charge in [0.05, 0.1) is 12.0 Å². The van der Waals surface area contributed by atoms with Crippen LogP contribution in [0.4, 0.5) is 5.69 Å². The summed E-state index contributed by atoms with van der Waals surface area (Å²) in [5, 5.41) is 0. The van der Waals surface area contributed by atoms with Crippen LogP contribution >= 0.6 is 11.3 Å². The first-order valence-corrected chi connectivity index (χ1v) is 10.3. The average Bonchev–Trinajstić information content (AvgIpc) is 3.11. The topological polar surface area (TPSA) is 32.8 Å². The number of nitrogens with zero attached hydrogens (tertiary/aromatic N) is 2. The Morgan fingerprint density at radius 3 is 2.38 bits per heavy atom. The third-order valence-electron chi connectivity index (χ3n) is 4.97. The van der Waals surface area contributed by atoms with Gasteiger partial charge in [-0.05, 0) is 48.7 Å². The largest absolute Gasteiger partial charge is 0.497 e. The van der Waals surface area contributed by atoms with Crippen molar-refractivity contribution < 1.29 is 9.53 Å². The molecule has 0 unspecified atom stereocenters.